The Hall–Kier alpha value is -3.15. The highest BCUT2D eigenvalue weighted by molar-refractivity contribution is 6.03. The van der Waals surface area contributed by atoms with E-state index in [1.807, 2.05) is 48.5 Å². The summed E-state index contributed by atoms with van der Waals surface area (Å²) in [6.07, 6.45) is -1.71. The lowest BCUT2D eigenvalue weighted by molar-refractivity contribution is -0.135. The standard InChI is InChI=1S/C18H15NO5/c20-16-15(11-13-7-3-1-4-8-13)19(18(22)24-16)17(21)23-12-14-9-5-2-6-10-14/h1-10,15H,11-12H2/t15-/m0/s1. The molecule has 1 heterocycles. The van der Waals surface area contributed by atoms with E-state index in [1.54, 1.807) is 12.1 Å². The second-order valence-corrected chi connectivity index (χ2v) is 5.30. The summed E-state index contributed by atoms with van der Waals surface area (Å²) in [5.74, 6) is -0.750. The van der Waals surface area contributed by atoms with Crippen LogP contribution >= 0.6 is 0 Å². The molecule has 1 saturated heterocycles. The number of carbonyl (C=O) groups is 3. The molecule has 6 heteroatoms. The number of hydrogen-bond acceptors (Lipinski definition) is 5. The molecule has 1 atom stereocenters. The molecule has 0 saturated carbocycles. The van der Waals surface area contributed by atoms with Crippen LogP contribution in [0.25, 0.3) is 0 Å². The van der Waals surface area contributed by atoms with Gasteiger partial charge in [0.15, 0.2) is 0 Å². The van der Waals surface area contributed by atoms with E-state index in [0.29, 0.717) is 0 Å². The molecule has 2 aromatic carbocycles. The second kappa shape index (κ2) is 6.95. The quantitative estimate of drug-likeness (QED) is 0.638. The summed E-state index contributed by atoms with van der Waals surface area (Å²) in [7, 11) is 0. The highest BCUT2D eigenvalue weighted by Gasteiger charge is 2.46. The summed E-state index contributed by atoms with van der Waals surface area (Å²) in [4.78, 5) is 36.7. The molecule has 0 unspecified atom stereocenters. The van der Waals surface area contributed by atoms with Gasteiger partial charge in [-0.15, -0.1) is 0 Å². The summed E-state index contributed by atoms with van der Waals surface area (Å²) >= 11 is 0. The molecule has 24 heavy (non-hydrogen) atoms. The molecule has 6 nitrogen and oxygen atoms in total. The first-order chi connectivity index (χ1) is 11.6. The Labute approximate surface area is 138 Å². The molecule has 2 amide bonds. The summed E-state index contributed by atoms with van der Waals surface area (Å²) in [6, 6.07) is 17.1. The number of carbonyl (C=O) groups excluding carboxylic acids is 3. The van der Waals surface area contributed by atoms with Gasteiger partial charge in [-0.2, -0.15) is 4.90 Å². The van der Waals surface area contributed by atoms with Crippen molar-refractivity contribution >= 4 is 18.2 Å². The van der Waals surface area contributed by atoms with Crippen LogP contribution in [-0.2, 0) is 27.3 Å². The lowest BCUT2D eigenvalue weighted by Crippen LogP contribution is -2.41. The van der Waals surface area contributed by atoms with Crippen molar-refractivity contribution in [3.05, 3.63) is 71.8 Å². The Balaban J connectivity index is 1.70. The lowest BCUT2D eigenvalue weighted by Gasteiger charge is -2.17. The number of imide groups is 1. The van der Waals surface area contributed by atoms with Crippen molar-refractivity contribution in [3.8, 4) is 0 Å². The molecule has 0 spiro atoms. The Morgan fingerprint density at radius 1 is 0.958 bits per heavy atom. The number of amides is 2. The molecule has 0 radical (unpaired) electrons. The van der Waals surface area contributed by atoms with Crippen molar-refractivity contribution in [2.24, 2.45) is 0 Å². The van der Waals surface area contributed by atoms with Gasteiger partial charge in [0.2, 0.25) is 0 Å². The number of benzene rings is 2. The van der Waals surface area contributed by atoms with Crippen LogP contribution in [0.5, 0.6) is 0 Å². The number of nitrogens with zero attached hydrogens (tertiary/aromatic N) is 1. The summed E-state index contributed by atoms with van der Waals surface area (Å²) in [6.45, 7) is 0.00962. The van der Waals surface area contributed by atoms with Crippen LogP contribution in [0.15, 0.2) is 60.7 Å². The van der Waals surface area contributed by atoms with E-state index in [0.717, 1.165) is 16.0 Å². The molecule has 3 rings (SSSR count). The first-order valence-electron chi connectivity index (χ1n) is 7.44. The fourth-order valence-corrected chi connectivity index (χ4v) is 2.44. The van der Waals surface area contributed by atoms with Crippen molar-refractivity contribution < 1.29 is 23.9 Å². The van der Waals surface area contributed by atoms with E-state index < -0.39 is 24.2 Å². The molecule has 0 aliphatic carbocycles. The topological polar surface area (TPSA) is 72.9 Å². The largest absolute Gasteiger partial charge is 0.444 e. The van der Waals surface area contributed by atoms with Gasteiger partial charge in [-0.1, -0.05) is 60.7 Å². The summed E-state index contributed by atoms with van der Waals surface area (Å²) < 4.78 is 9.71. The van der Waals surface area contributed by atoms with Gasteiger partial charge in [-0.05, 0) is 11.1 Å². The maximum Gasteiger partial charge on any atom is 0.427 e. The Morgan fingerprint density at radius 3 is 2.17 bits per heavy atom. The van der Waals surface area contributed by atoms with E-state index in [1.165, 1.54) is 0 Å². The van der Waals surface area contributed by atoms with E-state index in [2.05, 4.69) is 4.74 Å². The van der Waals surface area contributed by atoms with Gasteiger partial charge < -0.3 is 9.47 Å². The smallest absolute Gasteiger partial charge is 0.427 e. The zero-order valence-electron chi connectivity index (χ0n) is 12.8. The van der Waals surface area contributed by atoms with Crippen LogP contribution < -0.4 is 0 Å². The average Bonchev–Trinajstić information content (AvgIpc) is 2.88. The minimum absolute atomic E-state index is 0.00962. The van der Waals surface area contributed by atoms with Crippen molar-refractivity contribution in [1.82, 2.24) is 4.90 Å². The Morgan fingerprint density at radius 2 is 1.54 bits per heavy atom. The van der Waals surface area contributed by atoms with E-state index in [4.69, 9.17) is 4.74 Å². The fraction of sp³-hybridized carbons (Fsp3) is 0.167. The highest BCUT2D eigenvalue weighted by atomic mass is 16.6. The molecule has 1 aliphatic rings. The Bertz CT molecular complexity index is 745. The summed E-state index contributed by atoms with van der Waals surface area (Å²) in [5.41, 5.74) is 1.60. The van der Waals surface area contributed by atoms with Gasteiger partial charge in [0.1, 0.15) is 12.6 Å². The Kier molecular flexibility index (Phi) is 4.56. The molecule has 2 aromatic rings. The lowest BCUT2D eigenvalue weighted by atomic mass is 10.1. The second-order valence-electron chi connectivity index (χ2n) is 5.30. The average molecular weight is 325 g/mol. The number of esters is 1. The minimum Gasteiger partial charge on any atom is -0.444 e. The maximum absolute atomic E-state index is 12.2. The molecular weight excluding hydrogens is 310 g/mol. The molecule has 0 bridgehead atoms. The van der Waals surface area contributed by atoms with Crippen LogP contribution in [0.1, 0.15) is 11.1 Å². The van der Waals surface area contributed by atoms with E-state index in [9.17, 15) is 14.4 Å². The van der Waals surface area contributed by atoms with Gasteiger partial charge >= 0.3 is 18.2 Å². The monoisotopic (exact) mass is 325 g/mol. The van der Waals surface area contributed by atoms with Crippen molar-refractivity contribution in [2.45, 2.75) is 19.1 Å². The van der Waals surface area contributed by atoms with Gasteiger partial charge in [-0.25, -0.2) is 14.4 Å². The fourth-order valence-electron chi connectivity index (χ4n) is 2.44. The number of rotatable bonds is 4. The zero-order chi connectivity index (χ0) is 16.9. The number of cyclic esters (lactones) is 2. The van der Waals surface area contributed by atoms with Gasteiger partial charge in [0.25, 0.3) is 0 Å². The molecular formula is C18H15NO5. The van der Waals surface area contributed by atoms with Crippen LogP contribution in [0, 0.1) is 0 Å². The van der Waals surface area contributed by atoms with Crippen LogP contribution in [0.3, 0.4) is 0 Å². The molecule has 0 aromatic heterocycles. The van der Waals surface area contributed by atoms with Crippen molar-refractivity contribution in [3.63, 3.8) is 0 Å². The first kappa shape index (κ1) is 15.7. The molecule has 122 valence electrons. The highest BCUT2D eigenvalue weighted by Crippen LogP contribution is 2.20. The third-order valence-corrected chi connectivity index (χ3v) is 3.64. The number of hydrogen-bond donors (Lipinski definition) is 0. The van der Waals surface area contributed by atoms with E-state index >= 15 is 0 Å². The third-order valence-electron chi connectivity index (χ3n) is 3.64. The zero-order valence-corrected chi connectivity index (χ0v) is 12.8. The summed E-state index contributed by atoms with van der Waals surface area (Å²) in [5, 5.41) is 0. The van der Waals surface area contributed by atoms with Gasteiger partial charge in [0.05, 0.1) is 0 Å². The predicted octanol–water partition coefficient (Wildman–Crippen LogP) is 2.91. The van der Waals surface area contributed by atoms with E-state index in [-0.39, 0.29) is 13.0 Å². The minimum atomic E-state index is -1.01. The third kappa shape index (κ3) is 3.43. The normalized spacial score (nSPS) is 16.8. The molecule has 0 N–H and O–H groups in total. The predicted molar refractivity (Wildman–Crippen MR) is 83.9 cm³/mol. The first-order valence-corrected chi connectivity index (χ1v) is 7.44. The maximum atomic E-state index is 12.2. The van der Waals surface area contributed by atoms with Gasteiger partial charge in [0, 0.05) is 6.42 Å². The van der Waals surface area contributed by atoms with Crippen LogP contribution in [-0.4, -0.2) is 29.1 Å². The molecule has 1 fully saturated rings. The molecule has 1 aliphatic heterocycles. The SMILES string of the molecule is O=C1OC(=O)N(C(=O)OCc2ccccc2)[C@H]1Cc1ccccc1. The van der Waals surface area contributed by atoms with Crippen molar-refractivity contribution in [2.75, 3.05) is 0 Å². The van der Waals surface area contributed by atoms with Crippen LogP contribution in [0.4, 0.5) is 9.59 Å². The number of ether oxygens (including phenoxy) is 2. The van der Waals surface area contributed by atoms with Gasteiger partial charge in [-0.3, -0.25) is 0 Å². The van der Waals surface area contributed by atoms with Crippen LogP contribution in [0.2, 0.25) is 0 Å². The van der Waals surface area contributed by atoms with Crippen molar-refractivity contribution in [1.29, 1.82) is 0 Å².